The lowest BCUT2D eigenvalue weighted by Gasteiger charge is -2.20. The van der Waals surface area contributed by atoms with Crippen molar-refractivity contribution in [1.29, 1.82) is 0 Å². The maximum atomic E-state index is 12.3. The third-order valence-electron chi connectivity index (χ3n) is 3.08. The van der Waals surface area contributed by atoms with Crippen LogP contribution in [0, 0.1) is 0 Å². The van der Waals surface area contributed by atoms with Gasteiger partial charge in [-0.05, 0) is 26.9 Å². The van der Waals surface area contributed by atoms with Gasteiger partial charge in [-0.1, -0.05) is 25.4 Å². The number of hydrogen-bond donors (Lipinski definition) is 1. The zero-order valence-electron chi connectivity index (χ0n) is 11.5. The predicted octanol–water partition coefficient (Wildman–Crippen LogP) is 1.26. The minimum atomic E-state index is -0.455. The zero-order chi connectivity index (χ0) is 14.0. The van der Waals surface area contributed by atoms with Crippen LogP contribution in [0.15, 0.2) is 9.59 Å². The van der Waals surface area contributed by atoms with E-state index >= 15 is 0 Å². The molecule has 0 aromatic carbocycles. The fraction of sp³-hybridized carbons (Fsp3) is 0.667. The van der Waals surface area contributed by atoms with Crippen molar-refractivity contribution >= 4 is 11.6 Å². The summed E-state index contributed by atoms with van der Waals surface area (Å²) in [4.78, 5) is 28.5. The van der Waals surface area contributed by atoms with E-state index in [2.05, 4.69) is 4.98 Å². The van der Waals surface area contributed by atoms with Gasteiger partial charge in [-0.3, -0.25) is 14.3 Å². The monoisotopic (exact) mass is 273 g/mol. The van der Waals surface area contributed by atoms with Crippen LogP contribution in [-0.2, 0) is 6.54 Å². The van der Waals surface area contributed by atoms with Crippen molar-refractivity contribution in [3.63, 3.8) is 0 Å². The molecule has 0 bridgehead atoms. The zero-order valence-corrected chi connectivity index (χ0v) is 12.2. The molecule has 0 aliphatic carbocycles. The summed E-state index contributed by atoms with van der Waals surface area (Å²) in [5, 5.41) is 0.147. The first-order chi connectivity index (χ1) is 8.25. The van der Waals surface area contributed by atoms with Crippen LogP contribution >= 0.6 is 11.6 Å². The molecular weight excluding hydrogens is 254 g/mol. The largest absolute Gasteiger partial charge is 0.329 e. The van der Waals surface area contributed by atoms with Crippen molar-refractivity contribution in [2.24, 2.45) is 0 Å². The summed E-state index contributed by atoms with van der Waals surface area (Å²) in [6, 6.07) is 0.0880. The van der Waals surface area contributed by atoms with Crippen molar-refractivity contribution < 1.29 is 0 Å². The van der Waals surface area contributed by atoms with Gasteiger partial charge >= 0.3 is 5.69 Å². The van der Waals surface area contributed by atoms with E-state index in [1.54, 1.807) is 0 Å². The van der Waals surface area contributed by atoms with Crippen LogP contribution in [0.2, 0.25) is 5.15 Å². The van der Waals surface area contributed by atoms with Crippen molar-refractivity contribution in [1.82, 2.24) is 14.5 Å². The van der Waals surface area contributed by atoms with Crippen LogP contribution in [0.25, 0.3) is 0 Å². The summed E-state index contributed by atoms with van der Waals surface area (Å²) in [6.07, 6.45) is 0. The van der Waals surface area contributed by atoms with Crippen LogP contribution in [-0.4, -0.2) is 34.6 Å². The number of H-pyrrole nitrogens is 1. The number of rotatable bonds is 4. The van der Waals surface area contributed by atoms with Crippen LogP contribution in [0.4, 0.5) is 0 Å². The average Bonchev–Trinajstić information content (AvgIpc) is 2.22. The van der Waals surface area contributed by atoms with Gasteiger partial charge in [0.2, 0.25) is 0 Å². The molecular formula is C12H20ClN3O2. The SMILES string of the molecule is CC(C)c1c(Cl)[nH]c(=O)n(CC(C)N(C)C)c1=O. The molecule has 1 heterocycles. The minimum absolute atomic E-state index is 0.0252. The van der Waals surface area contributed by atoms with E-state index in [-0.39, 0.29) is 22.7 Å². The van der Waals surface area contributed by atoms with Gasteiger partial charge in [0.25, 0.3) is 5.56 Å². The Balaban J connectivity index is 3.33. The maximum Gasteiger partial charge on any atom is 0.329 e. The van der Waals surface area contributed by atoms with Gasteiger partial charge in [-0.25, -0.2) is 4.79 Å². The average molecular weight is 274 g/mol. The van der Waals surface area contributed by atoms with E-state index in [1.165, 1.54) is 4.57 Å². The van der Waals surface area contributed by atoms with Crippen LogP contribution in [0.1, 0.15) is 32.3 Å². The van der Waals surface area contributed by atoms with Gasteiger partial charge in [0, 0.05) is 12.6 Å². The molecule has 0 aliphatic heterocycles. The Morgan fingerprint density at radius 2 is 1.83 bits per heavy atom. The van der Waals surface area contributed by atoms with E-state index < -0.39 is 5.69 Å². The molecule has 0 fully saturated rings. The van der Waals surface area contributed by atoms with Crippen LogP contribution in [0.5, 0.6) is 0 Å². The molecule has 1 unspecified atom stereocenters. The first-order valence-corrected chi connectivity index (χ1v) is 6.32. The van der Waals surface area contributed by atoms with E-state index in [0.29, 0.717) is 12.1 Å². The summed E-state index contributed by atoms with van der Waals surface area (Å²) >= 11 is 5.92. The summed E-state index contributed by atoms with van der Waals surface area (Å²) in [7, 11) is 3.81. The second-order valence-electron chi connectivity index (χ2n) is 5.04. The fourth-order valence-electron chi connectivity index (χ4n) is 1.65. The van der Waals surface area contributed by atoms with Gasteiger partial charge < -0.3 is 4.90 Å². The number of hydrogen-bond acceptors (Lipinski definition) is 3. The Bertz CT molecular complexity index is 531. The molecule has 1 aromatic rings. The van der Waals surface area contributed by atoms with E-state index in [4.69, 9.17) is 11.6 Å². The lowest BCUT2D eigenvalue weighted by molar-refractivity contribution is 0.278. The molecule has 102 valence electrons. The topological polar surface area (TPSA) is 58.1 Å². The molecule has 1 rings (SSSR count). The second kappa shape index (κ2) is 5.71. The number of nitrogens with zero attached hydrogens (tertiary/aromatic N) is 2. The lowest BCUT2D eigenvalue weighted by atomic mass is 10.1. The maximum absolute atomic E-state index is 12.3. The number of halogens is 1. The molecule has 6 heteroatoms. The van der Waals surface area contributed by atoms with Crippen LogP contribution < -0.4 is 11.2 Å². The summed E-state index contributed by atoms with van der Waals surface area (Å²) in [5.74, 6) is -0.0252. The number of nitrogens with one attached hydrogen (secondary N) is 1. The Labute approximate surface area is 111 Å². The molecule has 0 saturated carbocycles. The molecule has 0 saturated heterocycles. The van der Waals surface area contributed by atoms with Gasteiger partial charge in [-0.15, -0.1) is 0 Å². The summed E-state index contributed by atoms with van der Waals surface area (Å²) < 4.78 is 1.21. The normalized spacial score (nSPS) is 13.3. The molecule has 1 N–H and O–H groups in total. The number of likely N-dealkylation sites (N-methyl/N-ethyl adjacent to an activating group) is 1. The van der Waals surface area contributed by atoms with Crippen LogP contribution in [0.3, 0.4) is 0 Å². The highest BCUT2D eigenvalue weighted by molar-refractivity contribution is 6.30. The molecule has 1 aromatic heterocycles. The van der Waals surface area contributed by atoms with Crippen molar-refractivity contribution in [3.8, 4) is 0 Å². The molecule has 0 radical (unpaired) electrons. The minimum Gasteiger partial charge on any atom is -0.305 e. The molecule has 0 amide bonds. The molecule has 5 nitrogen and oxygen atoms in total. The first kappa shape index (κ1) is 15.0. The van der Waals surface area contributed by atoms with Crippen molar-refractivity contribution in [2.75, 3.05) is 14.1 Å². The highest BCUT2D eigenvalue weighted by Crippen LogP contribution is 2.16. The predicted molar refractivity (Wildman–Crippen MR) is 73.6 cm³/mol. The second-order valence-corrected chi connectivity index (χ2v) is 5.42. The fourth-order valence-corrected chi connectivity index (χ4v) is 2.03. The Kier molecular flexibility index (Phi) is 4.76. The molecule has 18 heavy (non-hydrogen) atoms. The van der Waals surface area contributed by atoms with Gasteiger partial charge in [0.1, 0.15) is 5.15 Å². The van der Waals surface area contributed by atoms with E-state index in [9.17, 15) is 9.59 Å². The van der Waals surface area contributed by atoms with Crippen molar-refractivity contribution in [3.05, 3.63) is 31.6 Å². The Hall–Kier alpha value is -1.07. The molecule has 0 aliphatic rings. The third-order valence-corrected chi connectivity index (χ3v) is 3.38. The highest BCUT2D eigenvalue weighted by Gasteiger charge is 2.17. The highest BCUT2D eigenvalue weighted by atomic mass is 35.5. The van der Waals surface area contributed by atoms with E-state index in [1.807, 2.05) is 39.8 Å². The Morgan fingerprint density at radius 3 is 2.28 bits per heavy atom. The van der Waals surface area contributed by atoms with Gasteiger partial charge in [-0.2, -0.15) is 0 Å². The standard InChI is InChI=1S/C12H20ClN3O2/c1-7(2)9-10(13)14-12(18)16(11(9)17)6-8(3)15(4)5/h7-8H,6H2,1-5H3,(H,14,18). The summed E-state index contributed by atoms with van der Waals surface area (Å²) in [5.41, 5.74) is -0.294. The molecule has 1 atom stereocenters. The van der Waals surface area contributed by atoms with E-state index in [0.717, 1.165) is 0 Å². The third kappa shape index (κ3) is 3.03. The first-order valence-electron chi connectivity index (χ1n) is 5.94. The molecule has 0 spiro atoms. The quantitative estimate of drug-likeness (QED) is 0.841. The van der Waals surface area contributed by atoms with Gasteiger partial charge in [0.15, 0.2) is 0 Å². The van der Waals surface area contributed by atoms with Gasteiger partial charge in [0.05, 0.1) is 5.56 Å². The summed E-state index contributed by atoms with van der Waals surface area (Å²) in [6.45, 7) is 6.05. The number of aromatic nitrogens is 2. The Morgan fingerprint density at radius 1 is 1.28 bits per heavy atom. The smallest absolute Gasteiger partial charge is 0.305 e. The number of aromatic amines is 1. The lowest BCUT2D eigenvalue weighted by Crippen LogP contribution is -2.43. The van der Waals surface area contributed by atoms with Crippen molar-refractivity contribution in [2.45, 2.75) is 39.3 Å².